The van der Waals surface area contributed by atoms with Gasteiger partial charge in [-0.2, -0.15) is 13.2 Å². The topological polar surface area (TPSA) is 21.3 Å². The summed E-state index contributed by atoms with van der Waals surface area (Å²) in [7, 11) is 0. The molecule has 2 rings (SSSR count). The number of ether oxygens (including phenoxy) is 1. The highest BCUT2D eigenvalue weighted by Gasteiger charge is 2.31. The van der Waals surface area contributed by atoms with Crippen LogP contribution in [0.3, 0.4) is 0 Å². The van der Waals surface area contributed by atoms with Crippen LogP contribution in [-0.2, 0) is 10.9 Å². The molecule has 0 aliphatic carbocycles. The summed E-state index contributed by atoms with van der Waals surface area (Å²) < 4.78 is 43.8. The average molecular weight is 273 g/mol. The van der Waals surface area contributed by atoms with Crippen LogP contribution in [0.2, 0.25) is 0 Å². The van der Waals surface area contributed by atoms with E-state index < -0.39 is 11.7 Å². The molecule has 1 saturated heterocycles. The lowest BCUT2D eigenvalue weighted by Gasteiger charge is -2.17. The third kappa shape index (κ3) is 3.48. The first kappa shape index (κ1) is 14.3. The minimum atomic E-state index is -4.31. The van der Waals surface area contributed by atoms with E-state index in [1.807, 2.05) is 0 Å². The molecule has 0 radical (unpaired) electrons. The zero-order chi connectivity index (χ0) is 14.0. The third-order valence-corrected chi connectivity index (χ3v) is 3.62. The highest BCUT2D eigenvalue weighted by molar-refractivity contribution is 5.27. The lowest BCUT2D eigenvalue weighted by molar-refractivity contribution is -0.137. The number of alkyl halides is 3. The van der Waals surface area contributed by atoms with Crippen LogP contribution in [-0.4, -0.2) is 19.2 Å². The van der Waals surface area contributed by atoms with Crippen LogP contribution in [0.25, 0.3) is 0 Å². The number of benzene rings is 1. The predicted molar refractivity (Wildman–Crippen MR) is 66.8 cm³/mol. The summed E-state index contributed by atoms with van der Waals surface area (Å²) in [6.07, 6.45) is -4.64. The van der Waals surface area contributed by atoms with Crippen molar-refractivity contribution < 1.29 is 17.9 Å². The van der Waals surface area contributed by atoms with Gasteiger partial charge in [0.2, 0.25) is 0 Å². The van der Waals surface area contributed by atoms with Crippen LogP contribution in [0.5, 0.6) is 0 Å². The highest BCUT2D eigenvalue weighted by atomic mass is 19.4. The second-order valence-electron chi connectivity index (χ2n) is 5.12. The molecule has 3 atom stereocenters. The molecule has 1 fully saturated rings. The molecule has 1 aliphatic heterocycles. The highest BCUT2D eigenvalue weighted by Crippen LogP contribution is 2.31. The van der Waals surface area contributed by atoms with Crippen molar-refractivity contribution in [3.8, 4) is 0 Å². The Morgan fingerprint density at radius 1 is 1.26 bits per heavy atom. The average Bonchev–Trinajstić information content (AvgIpc) is 2.52. The summed E-state index contributed by atoms with van der Waals surface area (Å²) in [5.74, 6) is 0.343. The van der Waals surface area contributed by atoms with Crippen LogP contribution in [0.15, 0.2) is 24.3 Å². The molecule has 19 heavy (non-hydrogen) atoms. The van der Waals surface area contributed by atoms with Crippen LogP contribution in [0, 0.1) is 5.92 Å². The van der Waals surface area contributed by atoms with Crippen LogP contribution >= 0.6 is 0 Å². The minimum absolute atomic E-state index is 0.302. The first-order valence-corrected chi connectivity index (χ1v) is 6.40. The molecular weight excluding hydrogens is 255 g/mol. The van der Waals surface area contributed by atoms with Gasteiger partial charge in [0, 0.05) is 12.6 Å². The lowest BCUT2D eigenvalue weighted by atomic mass is 10.0. The summed E-state index contributed by atoms with van der Waals surface area (Å²) in [5.41, 5.74) is -0.0532. The maximum absolute atomic E-state index is 12.7. The third-order valence-electron chi connectivity index (χ3n) is 3.62. The predicted octanol–water partition coefficient (Wildman–Crippen LogP) is 3.39. The number of rotatable bonds is 1. The largest absolute Gasteiger partial charge is 0.416 e. The van der Waals surface area contributed by atoms with Gasteiger partial charge in [0.15, 0.2) is 0 Å². The van der Waals surface area contributed by atoms with Crippen LogP contribution in [0.1, 0.15) is 31.1 Å². The normalized spacial score (nSPS) is 29.0. The molecule has 1 aliphatic rings. The molecule has 5 heteroatoms. The van der Waals surface area contributed by atoms with Crippen molar-refractivity contribution in [2.75, 3.05) is 13.2 Å². The molecule has 1 aromatic carbocycles. The van der Waals surface area contributed by atoms with Crippen molar-refractivity contribution in [2.24, 2.45) is 5.92 Å². The molecule has 0 spiro atoms. The number of nitrogens with one attached hydrogen (secondary N) is 1. The molecule has 3 unspecified atom stereocenters. The van der Waals surface area contributed by atoms with Gasteiger partial charge in [-0.25, -0.2) is 0 Å². The van der Waals surface area contributed by atoms with Gasteiger partial charge in [-0.05, 0) is 30.5 Å². The summed E-state index contributed by atoms with van der Waals surface area (Å²) in [6, 6.07) is 5.67. The molecule has 0 aromatic heterocycles. The Labute approximate surface area is 111 Å². The van der Waals surface area contributed by atoms with Gasteiger partial charge in [-0.15, -0.1) is 0 Å². The minimum Gasteiger partial charge on any atom is -0.372 e. The number of hydrogen-bond acceptors (Lipinski definition) is 2. The Kier molecular flexibility index (Phi) is 4.16. The van der Waals surface area contributed by atoms with E-state index in [-0.39, 0.29) is 6.10 Å². The maximum Gasteiger partial charge on any atom is 0.416 e. The van der Waals surface area contributed by atoms with Crippen LogP contribution in [0.4, 0.5) is 13.2 Å². The summed E-state index contributed by atoms with van der Waals surface area (Å²) in [5, 5.41) is 3.29. The lowest BCUT2D eigenvalue weighted by Crippen LogP contribution is -2.32. The van der Waals surface area contributed by atoms with Crippen molar-refractivity contribution in [2.45, 2.75) is 32.2 Å². The second kappa shape index (κ2) is 5.51. The van der Waals surface area contributed by atoms with E-state index in [1.54, 1.807) is 6.07 Å². The molecule has 1 aromatic rings. The first-order chi connectivity index (χ1) is 8.88. The SMILES string of the molecule is CC1COC(c2cccc(C(F)(F)F)c2)CNC1C. The first-order valence-electron chi connectivity index (χ1n) is 6.40. The second-order valence-corrected chi connectivity index (χ2v) is 5.12. The fourth-order valence-electron chi connectivity index (χ4n) is 2.09. The molecule has 1 N–H and O–H groups in total. The zero-order valence-corrected chi connectivity index (χ0v) is 11.0. The van der Waals surface area contributed by atoms with Crippen LogP contribution < -0.4 is 5.32 Å². The maximum atomic E-state index is 12.7. The van der Waals surface area contributed by atoms with Crippen molar-refractivity contribution in [3.05, 3.63) is 35.4 Å². The molecule has 1 heterocycles. The fourth-order valence-corrected chi connectivity index (χ4v) is 2.09. The number of halogens is 3. The van der Waals surface area contributed by atoms with Gasteiger partial charge in [0.1, 0.15) is 0 Å². The van der Waals surface area contributed by atoms with Crippen molar-refractivity contribution in [1.82, 2.24) is 5.32 Å². The molecule has 0 bridgehead atoms. The fraction of sp³-hybridized carbons (Fsp3) is 0.571. The van der Waals surface area contributed by atoms with E-state index in [1.165, 1.54) is 12.1 Å². The smallest absolute Gasteiger partial charge is 0.372 e. The van der Waals surface area contributed by atoms with E-state index in [9.17, 15) is 13.2 Å². The van der Waals surface area contributed by atoms with E-state index >= 15 is 0 Å². The monoisotopic (exact) mass is 273 g/mol. The quantitative estimate of drug-likeness (QED) is 0.847. The summed E-state index contributed by atoms with van der Waals surface area (Å²) in [6.45, 7) is 5.20. The van der Waals surface area contributed by atoms with E-state index in [4.69, 9.17) is 4.74 Å². The molecule has 2 nitrogen and oxygen atoms in total. The number of hydrogen-bond donors (Lipinski definition) is 1. The molecule has 0 saturated carbocycles. The molecule has 106 valence electrons. The molecular formula is C14H18F3NO. The Bertz CT molecular complexity index is 421. The van der Waals surface area contributed by atoms with Gasteiger partial charge in [-0.1, -0.05) is 19.1 Å². The van der Waals surface area contributed by atoms with Gasteiger partial charge in [-0.3, -0.25) is 0 Å². The Morgan fingerprint density at radius 2 is 2.00 bits per heavy atom. The Morgan fingerprint density at radius 3 is 2.68 bits per heavy atom. The van der Waals surface area contributed by atoms with E-state index in [0.717, 1.165) is 6.07 Å². The van der Waals surface area contributed by atoms with Gasteiger partial charge in [0.25, 0.3) is 0 Å². The van der Waals surface area contributed by atoms with E-state index in [2.05, 4.69) is 19.2 Å². The zero-order valence-electron chi connectivity index (χ0n) is 11.0. The van der Waals surface area contributed by atoms with Gasteiger partial charge >= 0.3 is 6.18 Å². The van der Waals surface area contributed by atoms with Gasteiger partial charge in [0.05, 0.1) is 18.3 Å². The van der Waals surface area contributed by atoms with Crippen molar-refractivity contribution >= 4 is 0 Å². The molecule has 0 amide bonds. The summed E-state index contributed by atoms with van der Waals surface area (Å²) >= 11 is 0. The van der Waals surface area contributed by atoms with E-state index in [0.29, 0.717) is 30.7 Å². The summed E-state index contributed by atoms with van der Waals surface area (Å²) in [4.78, 5) is 0. The standard InChI is InChI=1S/C14H18F3NO/c1-9-8-19-13(7-18-10(9)2)11-4-3-5-12(6-11)14(15,16)17/h3-6,9-10,13,18H,7-8H2,1-2H3. The van der Waals surface area contributed by atoms with Crippen molar-refractivity contribution in [1.29, 1.82) is 0 Å². The van der Waals surface area contributed by atoms with Gasteiger partial charge < -0.3 is 10.1 Å². The Hall–Kier alpha value is -1.07. The Balaban J connectivity index is 2.18. The van der Waals surface area contributed by atoms with Crippen molar-refractivity contribution in [3.63, 3.8) is 0 Å².